The van der Waals surface area contributed by atoms with Crippen LogP contribution in [0.1, 0.15) is 85.0 Å². The Bertz CT molecular complexity index is 1010. The molecule has 5 N–H and O–H groups in total. The van der Waals surface area contributed by atoms with Crippen molar-refractivity contribution in [2.45, 2.75) is 115 Å². The van der Waals surface area contributed by atoms with E-state index in [1.165, 1.54) is 12.7 Å². The molecule has 2 fully saturated rings. The number of amides is 1. The van der Waals surface area contributed by atoms with Crippen LogP contribution in [0.2, 0.25) is 0 Å². The fourth-order valence-electron chi connectivity index (χ4n) is 6.70. The highest BCUT2D eigenvalue weighted by Gasteiger charge is 2.41. The number of halogens is 1. The summed E-state index contributed by atoms with van der Waals surface area (Å²) in [6.45, 7) is 10.4. The van der Waals surface area contributed by atoms with Gasteiger partial charge in [-0.15, -0.1) is 0 Å². The quantitative estimate of drug-likeness (QED) is 0.251. The Hall–Kier alpha value is -1.36. The molecule has 11 heteroatoms. The molecule has 0 aromatic carbocycles. The molecule has 0 spiro atoms. The van der Waals surface area contributed by atoms with Crippen LogP contribution in [-0.4, -0.2) is 98.5 Å². The van der Waals surface area contributed by atoms with Gasteiger partial charge in [-0.2, -0.15) is 0 Å². The molecule has 5 atom stereocenters. The molecule has 3 rings (SSSR count). The van der Waals surface area contributed by atoms with E-state index in [9.17, 15) is 17.6 Å². The first-order valence-electron chi connectivity index (χ1n) is 15.3. The van der Waals surface area contributed by atoms with E-state index < -0.39 is 33.8 Å². The summed E-state index contributed by atoms with van der Waals surface area (Å²) in [6.07, 6.45) is 8.28. The van der Waals surface area contributed by atoms with Crippen molar-refractivity contribution in [3.05, 3.63) is 5.83 Å². The van der Waals surface area contributed by atoms with E-state index in [1.807, 2.05) is 0 Å². The Balaban J connectivity index is 1.81. The summed E-state index contributed by atoms with van der Waals surface area (Å²) >= 11 is 0. The average Bonchev–Trinajstić information content (AvgIpc) is 2.89. The number of nitrogens with one attached hydrogen (secondary N) is 1. The van der Waals surface area contributed by atoms with Gasteiger partial charge in [-0.3, -0.25) is 9.69 Å². The number of nitrogens with zero attached hydrogens (tertiary/aromatic N) is 3. The van der Waals surface area contributed by atoms with Gasteiger partial charge in [-0.05, 0) is 70.1 Å². The molecular weight excluding hydrogens is 531 g/mol. The molecule has 0 aromatic rings. The number of unbranched alkanes of at least 4 members (excludes halogenated alkanes) is 2. The van der Waals surface area contributed by atoms with Crippen LogP contribution in [0.4, 0.5) is 4.39 Å². The molecular formula is C29H53FN6O3S. The summed E-state index contributed by atoms with van der Waals surface area (Å²) in [7, 11) is -3.07. The van der Waals surface area contributed by atoms with Gasteiger partial charge in [0.2, 0.25) is 5.91 Å². The minimum absolute atomic E-state index is 0.0978. The largest absolute Gasteiger partial charge is 0.350 e. The SMILES string of the molecule is CCCCCN1CCC(N2CCC(S(C)(=O)=O)CC2)C(NC(=O)C(C(N)N)C2CC(C)(CC)CCC(F)=C=N2)C1. The second kappa shape index (κ2) is 14.7. The van der Waals surface area contributed by atoms with E-state index in [1.54, 1.807) is 0 Å². The number of carbonyl (C=O) groups excluding carboxylic acids is 1. The highest BCUT2D eigenvalue weighted by molar-refractivity contribution is 7.91. The number of hydrogen-bond donors (Lipinski definition) is 3. The predicted molar refractivity (Wildman–Crippen MR) is 159 cm³/mol. The van der Waals surface area contributed by atoms with Crippen LogP contribution < -0.4 is 16.8 Å². The first kappa shape index (κ1) is 33.1. The van der Waals surface area contributed by atoms with Gasteiger partial charge < -0.3 is 21.7 Å². The molecule has 5 unspecified atom stereocenters. The highest BCUT2D eigenvalue weighted by Crippen LogP contribution is 2.38. The highest BCUT2D eigenvalue weighted by atomic mass is 32.2. The van der Waals surface area contributed by atoms with Gasteiger partial charge in [-0.25, -0.2) is 17.8 Å². The molecule has 1 amide bonds. The van der Waals surface area contributed by atoms with Crippen molar-refractivity contribution in [3.63, 3.8) is 0 Å². The molecule has 0 aromatic heterocycles. The number of nitrogens with two attached hydrogens (primary N) is 2. The van der Waals surface area contributed by atoms with Gasteiger partial charge in [0.05, 0.1) is 29.4 Å². The van der Waals surface area contributed by atoms with Gasteiger partial charge in [0, 0.05) is 31.1 Å². The van der Waals surface area contributed by atoms with E-state index in [0.29, 0.717) is 51.7 Å². The van der Waals surface area contributed by atoms with Crippen molar-refractivity contribution in [2.75, 3.05) is 39.0 Å². The summed E-state index contributed by atoms with van der Waals surface area (Å²) in [6, 6.07) is -0.619. The number of carbonyl (C=O) groups is 1. The van der Waals surface area contributed by atoms with Crippen molar-refractivity contribution >= 4 is 21.6 Å². The lowest BCUT2D eigenvalue weighted by molar-refractivity contribution is -0.128. The van der Waals surface area contributed by atoms with Gasteiger partial charge in [-0.1, -0.05) is 40.0 Å². The van der Waals surface area contributed by atoms with E-state index in [-0.39, 0.29) is 28.7 Å². The number of likely N-dealkylation sites (tertiary alicyclic amines) is 2. The maximum absolute atomic E-state index is 14.3. The van der Waals surface area contributed by atoms with Crippen LogP contribution in [0.25, 0.3) is 0 Å². The lowest BCUT2D eigenvalue weighted by atomic mass is 9.74. The topological polar surface area (TPSA) is 134 Å². The number of rotatable bonds is 11. The van der Waals surface area contributed by atoms with Gasteiger partial charge in [0.25, 0.3) is 0 Å². The Morgan fingerprint density at radius 1 is 1.20 bits per heavy atom. The second-order valence-electron chi connectivity index (χ2n) is 12.7. The zero-order valence-corrected chi connectivity index (χ0v) is 25.9. The summed E-state index contributed by atoms with van der Waals surface area (Å²) < 4.78 is 38.6. The fraction of sp³-hybridized carbons (Fsp3) is 0.897. The normalized spacial score (nSPS) is 30.5. The molecule has 0 bridgehead atoms. The maximum atomic E-state index is 14.3. The van der Waals surface area contributed by atoms with Crippen molar-refractivity contribution in [1.29, 1.82) is 0 Å². The molecule has 3 aliphatic heterocycles. The first-order valence-corrected chi connectivity index (χ1v) is 17.3. The number of piperidine rings is 2. The molecule has 3 aliphatic rings. The molecule has 0 radical (unpaired) electrons. The number of aliphatic imine (C=N–C) groups is 1. The predicted octanol–water partition coefficient (Wildman–Crippen LogP) is 2.60. The number of hydrogen-bond acceptors (Lipinski definition) is 8. The standard InChI is InChI=1S/C29H53FN6O3S/c1-5-7-8-14-35-15-12-25(36-16-10-22(11-17-36)40(4,38)39)24(20-35)34-28(37)26(27(31)32)23-18-29(3,6-2)13-9-21(30)19-33-23/h22-27H,5-18,20,31-32H2,1-4H3,(H,34,37). The molecule has 0 aliphatic carbocycles. The Kier molecular flexibility index (Phi) is 12.2. The maximum Gasteiger partial charge on any atom is 0.228 e. The second-order valence-corrected chi connectivity index (χ2v) is 15.1. The molecule has 40 heavy (non-hydrogen) atoms. The van der Waals surface area contributed by atoms with E-state index in [4.69, 9.17) is 11.5 Å². The van der Waals surface area contributed by atoms with Crippen molar-refractivity contribution < 1.29 is 17.6 Å². The summed E-state index contributed by atoms with van der Waals surface area (Å²) in [5, 5.41) is 3.01. The molecule has 9 nitrogen and oxygen atoms in total. The monoisotopic (exact) mass is 584 g/mol. The molecule has 3 heterocycles. The first-order chi connectivity index (χ1) is 18.9. The fourth-order valence-corrected chi connectivity index (χ4v) is 7.76. The molecule has 0 saturated carbocycles. The van der Waals surface area contributed by atoms with Crippen LogP contribution in [0.3, 0.4) is 0 Å². The van der Waals surface area contributed by atoms with Crippen LogP contribution in [0.15, 0.2) is 10.8 Å². The summed E-state index contributed by atoms with van der Waals surface area (Å²) in [4.78, 5) is 23.1. The minimum Gasteiger partial charge on any atom is -0.350 e. The van der Waals surface area contributed by atoms with Gasteiger partial charge in [0.15, 0.2) is 5.83 Å². The zero-order chi connectivity index (χ0) is 29.5. The Morgan fingerprint density at radius 3 is 2.50 bits per heavy atom. The van der Waals surface area contributed by atoms with Gasteiger partial charge >= 0.3 is 0 Å². The zero-order valence-electron chi connectivity index (χ0n) is 25.1. The third kappa shape index (κ3) is 9.07. The lowest BCUT2D eigenvalue weighted by Crippen LogP contribution is -2.64. The summed E-state index contributed by atoms with van der Waals surface area (Å²) in [5.74, 6) is 1.06. The third-order valence-electron chi connectivity index (χ3n) is 9.60. The minimum atomic E-state index is -3.07. The van der Waals surface area contributed by atoms with Crippen LogP contribution >= 0.6 is 0 Å². The van der Waals surface area contributed by atoms with Crippen LogP contribution in [-0.2, 0) is 14.6 Å². The third-order valence-corrected chi connectivity index (χ3v) is 11.3. The van der Waals surface area contributed by atoms with Crippen molar-refractivity contribution in [2.24, 2.45) is 27.8 Å². The lowest BCUT2D eigenvalue weighted by Gasteiger charge is -2.46. The Morgan fingerprint density at radius 2 is 1.90 bits per heavy atom. The number of sulfone groups is 1. The summed E-state index contributed by atoms with van der Waals surface area (Å²) in [5.41, 5.74) is 12.3. The van der Waals surface area contributed by atoms with Crippen LogP contribution in [0, 0.1) is 11.3 Å². The molecule has 2 saturated heterocycles. The van der Waals surface area contributed by atoms with Crippen molar-refractivity contribution in [1.82, 2.24) is 15.1 Å². The Labute approximate surface area is 241 Å². The smallest absolute Gasteiger partial charge is 0.228 e. The van der Waals surface area contributed by atoms with E-state index >= 15 is 0 Å². The average molecular weight is 585 g/mol. The number of allylic oxidation sites excluding steroid dienone is 1. The molecule has 230 valence electrons. The van der Waals surface area contributed by atoms with E-state index in [2.05, 4.69) is 46.8 Å². The van der Waals surface area contributed by atoms with Crippen molar-refractivity contribution in [3.8, 4) is 0 Å². The van der Waals surface area contributed by atoms with E-state index in [0.717, 1.165) is 38.8 Å². The van der Waals surface area contributed by atoms with Gasteiger partial charge in [0.1, 0.15) is 9.84 Å². The van der Waals surface area contributed by atoms with Crippen LogP contribution in [0.5, 0.6) is 0 Å².